The van der Waals surface area contributed by atoms with Crippen LogP contribution in [-0.4, -0.2) is 45.8 Å². The van der Waals surface area contributed by atoms with Crippen LogP contribution in [0.2, 0.25) is 0 Å². The van der Waals surface area contributed by atoms with Gasteiger partial charge in [0.25, 0.3) is 5.91 Å². The number of ketones is 1. The molecule has 1 fully saturated rings. The second kappa shape index (κ2) is 6.73. The highest BCUT2D eigenvalue weighted by Crippen LogP contribution is 2.18. The van der Waals surface area contributed by atoms with Crippen LogP contribution in [0.3, 0.4) is 0 Å². The van der Waals surface area contributed by atoms with E-state index in [-0.39, 0.29) is 23.6 Å². The van der Waals surface area contributed by atoms with Crippen molar-refractivity contribution in [3.63, 3.8) is 0 Å². The first-order valence-electron chi connectivity index (χ1n) is 8.17. The zero-order valence-corrected chi connectivity index (χ0v) is 14.2. The third-order valence-electron chi connectivity index (χ3n) is 4.22. The van der Waals surface area contributed by atoms with Gasteiger partial charge in [0.2, 0.25) is 5.78 Å². The van der Waals surface area contributed by atoms with Crippen LogP contribution in [0.1, 0.15) is 38.7 Å². The minimum Gasteiger partial charge on any atom is -0.348 e. The maximum absolute atomic E-state index is 12.6. The van der Waals surface area contributed by atoms with Gasteiger partial charge in [0.05, 0.1) is 10.4 Å². The summed E-state index contributed by atoms with van der Waals surface area (Å²) in [6.45, 7) is 1.75. The maximum Gasteiger partial charge on any atom is 0.253 e. The summed E-state index contributed by atoms with van der Waals surface area (Å²) in [6.07, 6.45) is 3.54. The van der Waals surface area contributed by atoms with Gasteiger partial charge in [0.15, 0.2) is 11.5 Å². The molecule has 0 aromatic carbocycles. The molecule has 8 heteroatoms. The first-order valence-corrected chi connectivity index (χ1v) is 9.05. The van der Waals surface area contributed by atoms with Gasteiger partial charge in [-0.3, -0.25) is 9.59 Å². The molecule has 3 aromatic rings. The number of nitrogens with one attached hydrogen (secondary N) is 3. The molecule has 128 valence electrons. The number of thiophene rings is 1. The van der Waals surface area contributed by atoms with E-state index < -0.39 is 0 Å². The predicted octanol–water partition coefficient (Wildman–Crippen LogP) is 1.73. The smallest absolute Gasteiger partial charge is 0.253 e. The molecule has 1 amide bonds. The highest BCUT2D eigenvalue weighted by atomic mass is 32.1. The van der Waals surface area contributed by atoms with Crippen molar-refractivity contribution < 1.29 is 9.59 Å². The average Bonchev–Trinajstić information content (AvgIpc) is 3.31. The number of fused-ring (bicyclic) bond motifs is 1. The van der Waals surface area contributed by atoms with E-state index in [9.17, 15) is 9.59 Å². The number of hydrogen-bond donors (Lipinski definition) is 3. The number of pyridine rings is 1. The Morgan fingerprint density at radius 1 is 1.32 bits per heavy atom. The van der Waals surface area contributed by atoms with Crippen molar-refractivity contribution in [2.24, 2.45) is 0 Å². The molecule has 4 heterocycles. The first kappa shape index (κ1) is 15.9. The zero-order chi connectivity index (χ0) is 17.2. The predicted molar refractivity (Wildman–Crippen MR) is 95.0 cm³/mol. The number of imidazole rings is 1. The lowest BCUT2D eigenvalue weighted by Crippen LogP contribution is -2.45. The monoisotopic (exact) mass is 355 g/mol. The lowest BCUT2D eigenvalue weighted by Gasteiger charge is -2.23. The first-order chi connectivity index (χ1) is 12.2. The number of aromatic amines is 1. The van der Waals surface area contributed by atoms with Gasteiger partial charge in [-0.1, -0.05) is 6.07 Å². The second-order valence-corrected chi connectivity index (χ2v) is 6.91. The van der Waals surface area contributed by atoms with Gasteiger partial charge in [0, 0.05) is 18.8 Å². The summed E-state index contributed by atoms with van der Waals surface area (Å²) in [4.78, 5) is 37.1. The van der Waals surface area contributed by atoms with Gasteiger partial charge in [-0.15, -0.1) is 11.3 Å². The Labute approximate surface area is 147 Å². The normalized spacial score (nSPS) is 17.5. The van der Waals surface area contributed by atoms with Crippen LogP contribution < -0.4 is 10.6 Å². The fraction of sp³-hybridized carbons (Fsp3) is 0.294. The summed E-state index contributed by atoms with van der Waals surface area (Å²) in [6, 6.07) is 5.30. The standard InChI is InChI=1S/C17H17N5O2S/c23-14(12-4-2-8-25-12)16-21-13-11(5-7-19-15(13)22-16)17(24)20-10-3-1-6-18-9-10/h2,4-5,7-8,10,18H,1,3,6,9H2,(H,20,24)(H,19,21,22). The Morgan fingerprint density at radius 2 is 2.24 bits per heavy atom. The molecular formula is C17H17N5O2S. The quantitative estimate of drug-likeness (QED) is 0.619. The molecule has 1 saturated heterocycles. The molecule has 0 aliphatic carbocycles. The molecule has 0 saturated carbocycles. The van der Waals surface area contributed by atoms with Crippen molar-refractivity contribution in [2.75, 3.05) is 13.1 Å². The number of carbonyl (C=O) groups is 2. The summed E-state index contributed by atoms with van der Waals surface area (Å²) in [7, 11) is 0. The number of H-pyrrole nitrogens is 1. The van der Waals surface area contributed by atoms with Crippen LogP contribution in [-0.2, 0) is 0 Å². The van der Waals surface area contributed by atoms with Gasteiger partial charge in [0.1, 0.15) is 5.52 Å². The lowest BCUT2D eigenvalue weighted by atomic mass is 10.1. The minimum absolute atomic E-state index is 0.107. The molecule has 1 atom stereocenters. The second-order valence-electron chi connectivity index (χ2n) is 5.96. The van der Waals surface area contributed by atoms with Crippen molar-refractivity contribution in [3.05, 3.63) is 46.0 Å². The molecule has 1 aliphatic rings. The maximum atomic E-state index is 12.6. The molecule has 0 spiro atoms. The van der Waals surface area contributed by atoms with Gasteiger partial charge in [-0.05, 0) is 36.9 Å². The Bertz CT molecular complexity index is 912. The van der Waals surface area contributed by atoms with Gasteiger partial charge in [-0.2, -0.15) is 0 Å². The number of rotatable bonds is 4. The van der Waals surface area contributed by atoms with Crippen molar-refractivity contribution in [2.45, 2.75) is 18.9 Å². The van der Waals surface area contributed by atoms with E-state index in [4.69, 9.17) is 0 Å². The summed E-state index contributed by atoms with van der Waals surface area (Å²) >= 11 is 1.35. The van der Waals surface area contributed by atoms with Crippen molar-refractivity contribution in [3.8, 4) is 0 Å². The molecule has 3 N–H and O–H groups in total. The summed E-state index contributed by atoms with van der Waals surface area (Å²) in [5.41, 5.74) is 1.29. The van der Waals surface area contributed by atoms with Crippen molar-refractivity contribution in [1.82, 2.24) is 25.6 Å². The van der Waals surface area contributed by atoms with E-state index in [1.807, 2.05) is 11.4 Å². The number of piperidine rings is 1. The third-order valence-corrected chi connectivity index (χ3v) is 5.09. The molecule has 1 aliphatic heterocycles. The molecule has 3 aromatic heterocycles. The third kappa shape index (κ3) is 3.18. The van der Waals surface area contributed by atoms with Crippen LogP contribution in [0, 0.1) is 0 Å². The Kier molecular flexibility index (Phi) is 4.29. The van der Waals surface area contributed by atoms with Crippen LogP contribution in [0.15, 0.2) is 29.8 Å². The molecule has 7 nitrogen and oxygen atoms in total. The fourth-order valence-electron chi connectivity index (χ4n) is 2.96. The number of aromatic nitrogens is 3. The van der Waals surface area contributed by atoms with E-state index in [1.54, 1.807) is 18.3 Å². The molecule has 0 bridgehead atoms. The molecule has 1 unspecified atom stereocenters. The van der Waals surface area contributed by atoms with Crippen molar-refractivity contribution in [1.29, 1.82) is 0 Å². The Hall–Kier alpha value is -2.58. The van der Waals surface area contributed by atoms with E-state index in [2.05, 4.69) is 25.6 Å². The number of carbonyl (C=O) groups excluding carboxylic acids is 2. The number of amides is 1. The van der Waals surface area contributed by atoms with Crippen LogP contribution in [0.5, 0.6) is 0 Å². The SMILES string of the molecule is O=C(c1nc2c(C(=O)NC3CCCNC3)ccnc2[nH]1)c1cccs1. The fourth-order valence-corrected chi connectivity index (χ4v) is 3.63. The highest BCUT2D eigenvalue weighted by Gasteiger charge is 2.21. The molecule has 25 heavy (non-hydrogen) atoms. The van der Waals surface area contributed by atoms with Gasteiger partial charge >= 0.3 is 0 Å². The van der Waals surface area contributed by atoms with E-state index >= 15 is 0 Å². The van der Waals surface area contributed by atoms with Crippen molar-refractivity contribution >= 4 is 34.2 Å². The Balaban J connectivity index is 1.63. The summed E-state index contributed by atoms with van der Waals surface area (Å²) in [5, 5.41) is 8.14. The largest absolute Gasteiger partial charge is 0.348 e. The van der Waals surface area contributed by atoms with E-state index in [0.717, 1.165) is 25.9 Å². The lowest BCUT2D eigenvalue weighted by molar-refractivity contribution is 0.0931. The summed E-state index contributed by atoms with van der Waals surface area (Å²) in [5.74, 6) is -0.192. The summed E-state index contributed by atoms with van der Waals surface area (Å²) < 4.78 is 0. The topological polar surface area (TPSA) is 99.8 Å². The van der Waals surface area contributed by atoms with Gasteiger partial charge < -0.3 is 15.6 Å². The van der Waals surface area contributed by atoms with E-state index in [1.165, 1.54) is 11.3 Å². The average molecular weight is 355 g/mol. The zero-order valence-electron chi connectivity index (χ0n) is 13.4. The van der Waals surface area contributed by atoms with Gasteiger partial charge in [-0.25, -0.2) is 9.97 Å². The molecular weight excluding hydrogens is 338 g/mol. The number of nitrogens with zero attached hydrogens (tertiary/aromatic N) is 2. The van der Waals surface area contributed by atoms with Crippen LogP contribution >= 0.6 is 11.3 Å². The Morgan fingerprint density at radius 3 is 3.00 bits per heavy atom. The highest BCUT2D eigenvalue weighted by molar-refractivity contribution is 7.12. The van der Waals surface area contributed by atoms with Crippen LogP contribution in [0.25, 0.3) is 11.2 Å². The van der Waals surface area contributed by atoms with Crippen LogP contribution in [0.4, 0.5) is 0 Å². The molecule has 4 rings (SSSR count). The minimum atomic E-state index is -0.198. The molecule has 0 radical (unpaired) electrons. The van der Waals surface area contributed by atoms with E-state index in [0.29, 0.717) is 21.6 Å². The number of hydrogen-bond acceptors (Lipinski definition) is 6.